The number of benzene rings is 1. The summed E-state index contributed by atoms with van der Waals surface area (Å²) in [4.78, 5) is 43.5. The number of nitrogens with zero attached hydrogens (tertiary/aromatic N) is 2. The van der Waals surface area contributed by atoms with Crippen molar-refractivity contribution in [2.24, 2.45) is 0 Å². The van der Waals surface area contributed by atoms with Crippen LogP contribution in [0.25, 0.3) is 0 Å². The predicted octanol–water partition coefficient (Wildman–Crippen LogP) is 2.84. The standard InChI is InChI=1S/C21H20N4O3/c1-13(26)23-14-4-6-15(7-5-14)24-18-19(25-10-2-3-11-25)21(28)17-12-22-9-8-16(17)20(18)27/h4-9,12,24H,2-3,10-11H2,1H3,(H,23,26). The Labute approximate surface area is 162 Å². The molecule has 1 aliphatic heterocycles. The van der Waals surface area contributed by atoms with E-state index in [4.69, 9.17) is 0 Å². The molecule has 1 aliphatic carbocycles. The summed E-state index contributed by atoms with van der Waals surface area (Å²) < 4.78 is 0. The number of likely N-dealkylation sites (tertiary alicyclic amines) is 1. The maximum absolute atomic E-state index is 13.2. The summed E-state index contributed by atoms with van der Waals surface area (Å²) in [5.41, 5.74) is 2.74. The van der Waals surface area contributed by atoms with E-state index >= 15 is 0 Å². The Morgan fingerprint density at radius 1 is 0.964 bits per heavy atom. The van der Waals surface area contributed by atoms with Crippen LogP contribution in [0, 0.1) is 0 Å². The van der Waals surface area contributed by atoms with E-state index in [2.05, 4.69) is 15.6 Å². The highest BCUT2D eigenvalue weighted by Crippen LogP contribution is 2.31. The number of fused-ring (bicyclic) bond motifs is 1. The molecular weight excluding hydrogens is 356 g/mol. The molecule has 0 atom stereocenters. The van der Waals surface area contributed by atoms with Crippen molar-refractivity contribution in [3.63, 3.8) is 0 Å². The first kappa shape index (κ1) is 17.9. The Morgan fingerprint density at radius 3 is 2.32 bits per heavy atom. The lowest BCUT2D eigenvalue weighted by Gasteiger charge is -2.28. The molecule has 2 heterocycles. The first-order chi connectivity index (χ1) is 13.5. The van der Waals surface area contributed by atoms with E-state index in [-0.39, 0.29) is 23.2 Å². The highest BCUT2D eigenvalue weighted by Gasteiger charge is 2.36. The van der Waals surface area contributed by atoms with Crippen molar-refractivity contribution in [1.29, 1.82) is 0 Å². The van der Waals surface area contributed by atoms with Crippen molar-refractivity contribution >= 4 is 28.8 Å². The van der Waals surface area contributed by atoms with Gasteiger partial charge >= 0.3 is 0 Å². The van der Waals surface area contributed by atoms with Gasteiger partial charge in [0.05, 0.1) is 5.56 Å². The van der Waals surface area contributed by atoms with Crippen molar-refractivity contribution in [3.8, 4) is 0 Å². The van der Waals surface area contributed by atoms with Crippen molar-refractivity contribution in [1.82, 2.24) is 9.88 Å². The molecule has 2 N–H and O–H groups in total. The molecule has 1 saturated heterocycles. The molecule has 7 nitrogen and oxygen atoms in total. The van der Waals surface area contributed by atoms with Crippen LogP contribution in [0.5, 0.6) is 0 Å². The van der Waals surface area contributed by atoms with Gasteiger partial charge in [0.1, 0.15) is 11.4 Å². The molecule has 0 spiro atoms. The van der Waals surface area contributed by atoms with Gasteiger partial charge in [-0.05, 0) is 43.2 Å². The van der Waals surface area contributed by atoms with Crippen LogP contribution in [0.3, 0.4) is 0 Å². The van der Waals surface area contributed by atoms with Crippen molar-refractivity contribution in [3.05, 3.63) is 65.2 Å². The normalized spacial score (nSPS) is 16.2. The minimum Gasteiger partial charge on any atom is -0.367 e. The number of anilines is 2. The Morgan fingerprint density at radius 2 is 1.64 bits per heavy atom. The summed E-state index contributed by atoms with van der Waals surface area (Å²) in [5.74, 6) is -0.551. The number of aromatic nitrogens is 1. The third-order valence-corrected chi connectivity index (χ3v) is 4.89. The molecule has 1 fully saturated rings. The summed E-state index contributed by atoms with van der Waals surface area (Å²) in [6.45, 7) is 2.94. The van der Waals surface area contributed by atoms with Gasteiger partial charge in [-0.3, -0.25) is 19.4 Å². The van der Waals surface area contributed by atoms with Gasteiger partial charge < -0.3 is 15.5 Å². The van der Waals surface area contributed by atoms with E-state index in [9.17, 15) is 14.4 Å². The molecule has 0 saturated carbocycles. The Bertz CT molecular complexity index is 989. The lowest BCUT2D eigenvalue weighted by molar-refractivity contribution is -0.114. The number of allylic oxidation sites excluding steroid dienone is 2. The summed E-state index contributed by atoms with van der Waals surface area (Å²) in [5, 5.41) is 5.85. The number of nitrogens with one attached hydrogen (secondary N) is 2. The quantitative estimate of drug-likeness (QED) is 0.853. The van der Waals surface area contributed by atoms with Gasteiger partial charge in [-0.1, -0.05) is 0 Å². The maximum Gasteiger partial charge on any atom is 0.221 e. The summed E-state index contributed by atoms with van der Waals surface area (Å²) in [6, 6.07) is 8.59. The number of pyridine rings is 1. The fourth-order valence-corrected chi connectivity index (χ4v) is 3.60. The maximum atomic E-state index is 13.2. The van der Waals surface area contributed by atoms with Crippen LogP contribution in [-0.4, -0.2) is 40.4 Å². The molecule has 1 aromatic heterocycles. The fraction of sp³-hybridized carbons (Fsp3) is 0.238. The molecule has 2 aliphatic rings. The SMILES string of the molecule is CC(=O)Nc1ccc(NC2=C(N3CCCC3)C(=O)c3cnccc3C2=O)cc1. The molecule has 0 unspecified atom stereocenters. The zero-order valence-electron chi connectivity index (χ0n) is 15.5. The second-order valence-corrected chi connectivity index (χ2v) is 6.88. The van der Waals surface area contributed by atoms with Crippen LogP contribution < -0.4 is 10.6 Å². The lowest BCUT2D eigenvalue weighted by Crippen LogP contribution is -2.35. The van der Waals surface area contributed by atoms with Crippen LogP contribution in [0.15, 0.2) is 54.1 Å². The third kappa shape index (κ3) is 3.26. The minimum atomic E-state index is -0.218. The first-order valence-electron chi connectivity index (χ1n) is 9.22. The smallest absolute Gasteiger partial charge is 0.221 e. The Hall–Kier alpha value is -3.48. The van der Waals surface area contributed by atoms with Crippen LogP contribution in [0.4, 0.5) is 11.4 Å². The van der Waals surface area contributed by atoms with Crippen molar-refractivity contribution in [2.45, 2.75) is 19.8 Å². The second-order valence-electron chi connectivity index (χ2n) is 6.88. The van der Waals surface area contributed by atoms with Gasteiger partial charge in [-0.25, -0.2) is 0 Å². The topological polar surface area (TPSA) is 91.4 Å². The number of amides is 1. The molecule has 4 rings (SSSR count). The number of Topliss-reactive ketones (excluding diaryl/α,β-unsaturated/α-hetero) is 2. The Balaban J connectivity index is 1.72. The fourth-order valence-electron chi connectivity index (χ4n) is 3.60. The number of carbonyl (C=O) groups excluding carboxylic acids is 3. The summed E-state index contributed by atoms with van der Waals surface area (Å²) in [7, 11) is 0. The summed E-state index contributed by atoms with van der Waals surface area (Å²) in [6.07, 6.45) is 4.96. The molecule has 1 aromatic carbocycles. The molecule has 1 amide bonds. The van der Waals surface area contributed by atoms with E-state index in [0.29, 0.717) is 28.2 Å². The number of carbonyl (C=O) groups is 3. The molecule has 28 heavy (non-hydrogen) atoms. The second kappa shape index (κ2) is 7.26. The largest absolute Gasteiger partial charge is 0.367 e. The van der Waals surface area contributed by atoms with Crippen LogP contribution >= 0.6 is 0 Å². The minimum absolute atomic E-state index is 0.155. The van der Waals surface area contributed by atoms with E-state index in [0.717, 1.165) is 25.9 Å². The van der Waals surface area contributed by atoms with E-state index in [1.54, 1.807) is 30.3 Å². The molecule has 142 valence electrons. The number of rotatable bonds is 4. The molecule has 2 aromatic rings. The third-order valence-electron chi connectivity index (χ3n) is 4.89. The van der Waals surface area contributed by atoms with E-state index < -0.39 is 0 Å². The van der Waals surface area contributed by atoms with Gasteiger partial charge in [-0.15, -0.1) is 0 Å². The molecule has 0 bridgehead atoms. The average Bonchev–Trinajstić information content (AvgIpc) is 3.21. The van der Waals surface area contributed by atoms with Gasteiger partial charge in [-0.2, -0.15) is 0 Å². The summed E-state index contributed by atoms with van der Waals surface area (Å²) >= 11 is 0. The van der Waals surface area contributed by atoms with E-state index in [1.165, 1.54) is 19.3 Å². The van der Waals surface area contributed by atoms with Crippen molar-refractivity contribution in [2.75, 3.05) is 23.7 Å². The predicted molar refractivity (Wildman–Crippen MR) is 105 cm³/mol. The number of hydrogen-bond donors (Lipinski definition) is 2. The Kier molecular flexibility index (Phi) is 4.65. The van der Waals surface area contributed by atoms with E-state index in [1.807, 2.05) is 4.90 Å². The van der Waals surface area contributed by atoms with Gasteiger partial charge in [0.2, 0.25) is 17.5 Å². The van der Waals surface area contributed by atoms with Crippen LogP contribution in [0.2, 0.25) is 0 Å². The van der Waals surface area contributed by atoms with Gasteiger partial charge in [0.15, 0.2) is 0 Å². The lowest BCUT2D eigenvalue weighted by atomic mass is 9.91. The van der Waals surface area contributed by atoms with Crippen molar-refractivity contribution < 1.29 is 14.4 Å². The monoisotopic (exact) mass is 376 g/mol. The molecule has 0 radical (unpaired) electrons. The first-order valence-corrected chi connectivity index (χ1v) is 9.22. The molecular formula is C21H20N4O3. The van der Waals surface area contributed by atoms with Gasteiger partial charge in [0, 0.05) is 49.3 Å². The molecule has 7 heteroatoms. The highest BCUT2D eigenvalue weighted by molar-refractivity contribution is 6.27. The zero-order chi connectivity index (χ0) is 19.7. The highest BCUT2D eigenvalue weighted by atomic mass is 16.1. The van der Waals surface area contributed by atoms with Crippen LogP contribution in [0.1, 0.15) is 40.5 Å². The number of ketones is 2. The average molecular weight is 376 g/mol. The van der Waals surface area contributed by atoms with Gasteiger partial charge in [0.25, 0.3) is 0 Å². The number of hydrogen-bond acceptors (Lipinski definition) is 6. The zero-order valence-corrected chi connectivity index (χ0v) is 15.5. The van der Waals surface area contributed by atoms with Crippen LogP contribution in [-0.2, 0) is 4.79 Å².